The van der Waals surface area contributed by atoms with E-state index in [0.29, 0.717) is 12.0 Å². The minimum absolute atomic E-state index is 0.00108. The maximum absolute atomic E-state index is 13.3. The molecular formula is C29H33N3O5S. The maximum Gasteiger partial charge on any atom is 0.411 e. The van der Waals surface area contributed by atoms with Gasteiger partial charge < -0.3 is 14.8 Å². The van der Waals surface area contributed by atoms with Gasteiger partial charge in [0.15, 0.2) is 0 Å². The number of esters is 1. The van der Waals surface area contributed by atoms with Crippen LogP contribution in [0.1, 0.15) is 74.7 Å². The summed E-state index contributed by atoms with van der Waals surface area (Å²) in [5, 5.41) is 12.7. The third-order valence-electron chi connectivity index (χ3n) is 7.52. The Bertz CT molecular complexity index is 1330. The fourth-order valence-electron chi connectivity index (χ4n) is 5.87. The quantitative estimate of drug-likeness (QED) is 0.530. The Morgan fingerprint density at radius 3 is 2.74 bits per heavy atom. The van der Waals surface area contributed by atoms with Gasteiger partial charge in [-0.3, -0.25) is 9.69 Å². The van der Waals surface area contributed by atoms with Crippen molar-refractivity contribution in [3.63, 3.8) is 0 Å². The zero-order chi connectivity index (χ0) is 27.4. The Morgan fingerprint density at radius 1 is 1.26 bits per heavy atom. The van der Waals surface area contributed by atoms with Crippen molar-refractivity contribution in [1.29, 1.82) is 5.26 Å². The molecule has 5 rings (SSSR count). The summed E-state index contributed by atoms with van der Waals surface area (Å²) in [4.78, 5) is 42.1. The van der Waals surface area contributed by atoms with Gasteiger partial charge in [0.05, 0.1) is 11.6 Å². The molecule has 2 aliphatic heterocycles. The lowest BCUT2D eigenvalue weighted by Gasteiger charge is -2.35. The van der Waals surface area contributed by atoms with Crippen LogP contribution in [0.25, 0.3) is 10.4 Å². The van der Waals surface area contributed by atoms with Gasteiger partial charge in [-0.1, -0.05) is 12.1 Å². The minimum atomic E-state index is -0.732. The van der Waals surface area contributed by atoms with Gasteiger partial charge in [-0.05, 0) is 83.6 Å². The van der Waals surface area contributed by atoms with Gasteiger partial charge in [-0.2, -0.15) is 5.26 Å². The van der Waals surface area contributed by atoms with Crippen LogP contribution >= 0.6 is 11.3 Å². The molecule has 2 aromatic rings. The van der Waals surface area contributed by atoms with E-state index in [0.717, 1.165) is 40.1 Å². The number of benzene rings is 1. The molecule has 2 fully saturated rings. The molecule has 1 aromatic heterocycles. The topological polar surface area (TPSA) is 109 Å². The number of amides is 2. The SMILES string of the molecule is CC(C)(C)OC(=O)N1C2CCC(C2)C1C(=O)NC(C#N)Cc1ccc(-c2ccc3c(c2)C(=O)OC3(C)C)s1. The fourth-order valence-corrected chi connectivity index (χ4v) is 6.92. The molecule has 1 aromatic carbocycles. The number of carbonyl (C=O) groups is 3. The van der Waals surface area contributed by atoms with Crippen molar-refractivity contribution in [2.75, 3.05) is 0 Å². The van der Waals surface area contributed by atoms with E-state index in [4.69, 9.17) is 9.47 Å². The molecule has 4 atom stereocenters. The zero-order valence-electron chi connectivity index (χ0n) is 22.4. The van der Waals surface area contributed by atoms with Crippen molar-refractivity contribution in [1.82, 2.24) is 10.2 Å². The molecule has 1 aliphatic carbocycles. The molecule has 1 N–H and O–H groups in total. The third-order valence-corrected chi connectivity index (χ3v) is 8.67. The van der Waals surface area contributed by atoms with Crippen molar-refractivity contribution in [3.05, 3.63) is 46.3 Å². The molecule has 38 heavy (non-hydrogen) atoms. The lowest BCUT2D eigenvalue weighted by atomic mass is 9.94. The largest absolute Gasteiger partial charge is 0.451 e. The number of piperidine rings is 1. The second kappa shape index (κ2) is 9.42. The number of rotatable bonds is 5. The number of nitriles is 1. The maximum atomic E-state index is 13.3. The molecule has 3 aliphatic rings. The average molecular weight is 536 g/mol. The summed E-state index contributed by atoms with van der Waals surface area (Å²) in [5.74, 6) is -0.542. The van der Waals surface area contributed by atoms with Crippen molar-refractivity contribution >= 4 is 29.3 Å². The molecule has 1 saturated carbocycles. The number of cyclic esters (lactones) is 1. The number of carbonyl (C=O) groups excluding carboxylic acids is 3. The first kappa shape index (κ1) is 26.2. The summed E-state index contributed by atoms with van der Waals surface area (Å²) in [5.41, 5.74) is 1.06. The van der Waals surface area contributed by atoms with Crippen molar-refractivity contribution in [3.8, 4) is 16.5 Å². The molecule has 2 bridgehead atoms. The molecule has 200 valence electrons. The third kappa shape index (κ3) is 4.90. The highest BCUT2D eigenvalue weighted by Crippen LogP contribution is 2.43. The molecule has 1 saturated heterocycles. The summed E-state index contributed by atoms with van der Waals surface area (Å²) in [6, 6.07) is 10.5. The van der Waals surface area contributed by atoms with Crippen molar-refractivity contribution < 1.29 is 23.9 Å². The normalized spacial score (nSPS) is 23.9. The Balaban J connectivity index is 1.27. The van der Waals surface area contributed by atoms with Gasteiger partial charge >= 0.3 is 12.1 Å². The van der Waals surface area contributed by atoms with Crippen LogP contribution in [0.5, 0.6) is 0 Å². The molecular weight excluding hydrogens is 502 g/mol. The Kier molecular flexibility index (Phi) is 6.50. The predicted octanol–water partition coefficient (Wildman–Crippen LogP) is 5.16. The van der Waals surface area contributed by atoms with Gasteiger partial charge in [-0.25, -0.2) is 9.59 Å². The van der Waals surface area contributed by atoms with E-state index in [9.17, 15) is 19.6 Å². The van der Waals surface area contributed by atoms with Crippen LogP contribution in [0.3, 0.4) is 0 Å². The Labute approximate surface area is 226 Å². The number of hydrogen-bond acceptors (Lipinski definition) is 7. The smallest absolute Gasteiger partial charge is 0.411 e. The first-order valence-corrected chi connectivity index (χ1v) is 13.9. The monoisotopic (exact) mass is 535 g/mol. The van der Waals surface area contributed by atoms with Crippen LogP contribution < -0.4 is 5.32 Å². The Hall–Kier alpha value is -3.38. The van der Waals surface area contributed by atoms with E-state index < -0.39 is 29.4 Å². The number of nitrogens with one attached hydrogen (secondary N) is 1. The van der Waals surface area contributed by atoms with Gasteiger partial charge in [0, 0.05) is 27.8 Å². The molecule has 9 heteroatoms. The highest BCUT2D eigenvalue weighted by molar-refractivity contribution is 7.15. The van der Waals surface area contributed by atoms with E-state index in [2.05, 4.69) is 11.4 Å². The first-order chi connectivity index (χ1) is 17.9. The number of ether oxygens (including phenoxy) is 2. The number of hydrogen-bond donors (Lipinski definition) is 1. The van der Waals surface area contributed by atoms with E-state index >= 15 is 0 Å². The number of fused-ring (bicyclic) bond motifs is 3. The summed E-state index contributed by atoms with van der Waals surface area (Å²) in [6.45, 7) is 9.18. The Morgan fingerprint density at radius 2 is 2.03 bits per heavy atom. The molecule has 3 heterocycles. The summed E-state index contributed by atoms with van der Waals surface area (Å²) in [6.07, 6.45) is 2.42. The van der Waals surface area contributed by atoms with Crippen LogP contribution in [-0.4, -0.2) is 46.6 Å². The van der Waals surface area contributed by atoms with Gasteiger partial charge in [-0.15, -0.1) is 11.3 Å². The van der Waals surface area contributed by atoms with E-state index in [1.807, 2.05) is 65.0 Å². The zero-order valence-corrected chi connectivity index (χ0v) is 23.2. The van der Waals surface area contributed by atoms with Crippen LogP contribution in [0.4, 0.5) is 4.79 Å². The van der Waals surface area contributed by atoms with E-state index in [1.165, 1.54) is 11.3 Å². The summed E-state index contributed by atoms with van der Waals surface area (Å²) in [7, 11) is 0. The molecule has 0 radical (unpaired) electrons. The minimum Gasteiger partial charge on any atom is -0.451 e. The molecule has 0 spiro atoms. The highest BCUT2D eigenvalue weighted by Gasteiger charge is 2.52. The number of likely N-dealkylation sites (tertiary alicyclic amines) is 1. The van der Waals surface area contributed by atoms with Gasteiger partial charge in [0.25, 0.3) is 0 Å². The highest BCUT2D eigenvalue weighted by atomic mass is 32.1. The van der Waals surface area contributed by atoms with Gasteiger partial charge in [0.2, 0.25) is 5.91 Å². The van der Waals surface area contributed by atoms with E-state index in [1.54, 1.807) is 4.90 Å². The van der Waals surface area contributed by atoms with Crippen LogP contribution in [-0.2, 0) is 26.3 Å². The summed E-state index contributed by atoms with van der Waals surface area (Å²) < 4.78 is 11.1. The van der Waals surface area contributed by atoms with Crippen molar-refractivity contribution in [2.45, 2.75) is 89.6 Å². The lowest BCUT2D eigenvalue weighted by molar-refractivity contribution is -0.128. The standard InChI is InChI=1S/C29H33N3O5S/c1-28(2,3)37-27(35)32-19-8-6-17(12-19)24(32)25(33)31-18(15-30)14-20-9-11-23(38-20)16-7-10-22-21(13-16)26(34)36-29(22,4)5/h7,9-11,13,17-19,24H,6,8,12,14H2,1-5H3,(H,31,33). The number of thiophene rings is 1. The second-order valence-corrected chi connectivity index (χ2v) is 13.0. The average Bonchev–Trinajstić information content (AvgIpc) is 3.61. The van der Waals surface area contributed by atoms with Gasteiger partial charge in [0.1, 0.15) is 23.3 Å². The first-order valence-electron chi connectivity index (χ1n) is 13.0. The van der Waals surface area contributed by atoms with Crippen molar-refractivity contribution in [2.24, 2.45) is 5.92 Å². The second-order valence-electron chi connectivity index (χ2n) is 11.9. The molecule has 4 unspecified atom stereocenters. The van der Waals surface area contributed by atoms with Crippen LogP contribution in [0.15, 0.2) is 30.3 Å². The fraction of sp³-hybridized carbons (Fsp3) is 0.517. The predicted molar refractivity (Wildman–Crippen MR) is 142 cm³/mol. The van der Waals surface area contributed by atoms with Crippen LogP contribution in [0, 0.1) is 17.2 Å². The molecule has 2 amide bonds. The number of nitrogens with zero attached hydrogens (tertiary/aromatic N) is 2. The lowest BCUT2D eigenvalue weighted by Crippen LogP contribution is -2.55. The van der Waals surface area contributed by atoms with Crippen LogP contribution in [0.2, 0.25) is 0 Å². The summed E-state index contributed by atoms with van der Waals surface area (Å²) >= 11 is 1.52. The van der Waals surface area contributed by atoms with E-state index in [-0.39, 0.29) is 23.8 Å². The molecule has 8 nitrogen and oxygen atoms in total.